The molecule has 0 fully saturated rings. The number of esters is 1. The van der Waals surface area contributed by atoms with Crippen molar-refractivity contribution in [2.75, 3.05) is 6.61 Å². The van der Waals surface area contributed by atoms with Gasteiger partial charge in [-0.3, -0.25) is 0 Å². The third kappa shape index (κ3) is 2.16. The third-order valence-corrected chi connectivity index (χ3v) is 3.99. The van der Waals surface area contributed by atoms with Gasteiger partial charge in [0.1, 0.15) is 10.7 Å². The highest BCUT2D eigenvalue weighted by Crippen LogP contribution is 2.27. The quantitative estimate of drug-likeness (QED) is 0.485. The third-order valence-electron chi connectivity index (χ3n) is 3.60. The van der Waals surface area contributed by atoms with Crippen molar-refractivity contribution in [2.45, 2.75) is 39.0 Å². The number of carbonyl (C=O) groups excluding carboxylic acids is 1. The van der Waals surface area contributed by atoms with Crippen molar-refractivity contribution < 1.29 is 9.53 Å². The van der Waals surface area contributed by atoms with E-state index in [0.717, 1.165) is 36.9 Å². The lowest BCUT2D eigenvalue weighted by Crippen LogP contribution is -2.08. The molecule has 5 nitrogen and oxygen atoms in total. The van der Waals surface area contributed by atoms with E-state index >= 15 is 0 Å². The fourth-order valence-electron chi connectivity index (χ4n) is 2.61. The summed E-state index contributed by atoms with van der Waals surface area (Å²) in [5.41, 5.74) is 2.93. The van der Waals surface area contributed by atoms with Gasteiger partial charge >= 0.3 is 5.97 Å². The van der Waals surface area contributed by atoms with E-state index in [1.165, 1.54) is 17.1 Å². The Morgan fingerprint density at radius 3 is 3.00 bits per heavy atom. The number of hydrogen-bond donors (Lipinski definition) is 0. The lowest BCUT2D eigenvalue weighted by atomic mass is 10.1. The van der Waals surface area contributed by atoms with Crippen LogP contribution in [0.1, 0.15) is 47.8 Å². The Balaban J connectivity index is 2.16. The first kappa shape index (κ1) is 13.4. The molecule has 0 amide bonds. The summed E-state index contributed by atoms with van der Waals surface area (Å²) in [5, 5.41) is 4.75. The van der Waals surface area contributed by atoms with Crippen LogP contribution in [0.2, 0.25) is 5.15 Å². The largest absolute Gasteiger partial charge is 0.462 e. The van der Waals surface area contributed by atoms with E-state index in [1.54, 1.807) is 6.92 Å². The van der Waals surface area contributed by atoms with E-state index in [9.17, 15) is 4.79 Å². The minimum Gasteiger partial charge on any atom is -0.462 e. The number of hydrogen-bond acceptors (Lipinski definition) is 4. The van der Waals surface area contributed by atoms with Crippen molar-refractivity contribution in [1.82, 2.24) is 14.6 Å². The summed E-state index contributed by atoms with van der Waals surface area (Å²) in [4.78, 5) is 16.5. The van der Waals surface area contributed by atoms with Crippen LogP contribution in [-0.2, 0) is 17.6 Å². The lowest BCUT2D eigenvalue weighted by Gasteiger charge is -2.09. The number of ether oxygens (including phenoxy) is 1. The van der Waals surface area contributed by atoms with Crippen LogP contribution < -0.4 is 0 Å². The number of fused-ring (bicyclic) bond motifs is 2. The Labute approximate surface area is 121 Å². The van der Waals surface area contributed by atoms with Gasteiger partial charge < -0.3 is 4.74 Å². The number of carbonyl (C=O) groups is 1. The first-order valence-electron chi connectivity index (χ1n) is 6.94. The van der Waals surface area contributed by atoms with Crippen molar-refractivity contribution in [1.29, 1.82) is 0 Å². The van der Waals surface area contributed by atoms with E-state index in [1.807, 2.05) is 0 Å². The van der Waals surface area contributed by atoms with Crippen LogP contribution in [0.3, 0.4) is 0 Å². The molecule has 0 radical (unpaired) electrons. The predicted molar refractivity (Wildman–Crippen MR) is 75.2 cm³/mol. The molecule has 2 heterocycles. The molecule has 6 heteroatoms. The second kappa shape index (κ2) is 5.40. The van der Waals surface area contributed by atoms with Crippen molar-refractivity contribution >= 4 is 23.2 Å². The van der Waals surface area contributed by atoms with Gasteiger partial charge in [0.05, 0.1) is 12.8 Å². The number of aromatic nitrogens is 3. The lowest BCUT2D eigenvalue weighted by molar-refractivity contribution is 0.0528. The molecular weight excluding hydrogens is 278 g/mol. The van der Waals surface area contributed by atoms with Gasteiger partial charge in [-0.05, 0) is 32.6 Å². The zero-order valence-corrected chi connectivity index (χ0v) is 12.1. The van der Waals surface area contributed by atoms with Crippen molar-refractivity contribution in [3.63, 3.8) is 0 Å². The predicted octanol–water partition coefficient (Wildman–Crippen LogP) is 2.83. The van der Waals surface area contributed by atoms with Crippen LogP contribution in [0.5, 0.6) is 0 Å². The molecule has 3 rings (SSSR count). The van der Waals surface area contributed by atoms with Crippen LogP contribution in [0, 0.1) is 0 Å². The Morgan fingerprint density at radius 1 is 1.40 bits per heavy atom. The first-order chi connectivity index (χ1) is 9.72. The minimum atomic E-state index is -0.403. The van der Waals surface area contributed by atoms with Crippen molar-refractivity contribution in [3.05, 3.63) is 28.2 Å². The molecular formula is C14H16ClN3O2. The second-order valence-corrected chi connectivity index (χ2v) is 5.26. The van der Waals surface area contributed by atoms with Gasteiger partial charge in [0.2, 0.25) is 0 Å². The molecule has 0 unspecified atom stereocenters. The van der Waals surface area contributed by atoms with Gasteiger partial charge in [0.25, 0.3) is 0 Å². The maximum Gasteiger partial charge on any atom is 0.343 e. The highest BCUT2D eigenvalue weighted by Gasteiger charge is 2.21. The van der Waals surface area contributed by atoms with Gasteiger partial charge in [-0.2, -0.15) is 5.10 Å². The summed E-state index contributed by atoms with van der Waals surface area (Å²) in [6.07, 6.45) is 6.71. The highest BCUT2D eigenvalue weighted by atomic mass is 35.5. The Kier molecular flexibility index (Phi) is 3.61. The zero-order chi connectivity index (χ0) is 14.1. The van der Waals surface area contributed by atoms with Crippen LogP contribution in [-0.4, -0.2) is 27.2 Å². The Bertz CT molecular complexity index is 666. The van der Waals surface area contributed by atoms with E-state index in [0.29, 0.717) is 23.0 Å². The molecule has 20 heavy (non-hydrogen) atoms. The standard InChI is InChI=1S/C14H16ClN3O2/c1-2-20-14(19)10-8-16-18-12(15)9-6-4-3-5-7-11(9)17-13(10)18/h8H,2-7H2,1H3. The maximum atomic E-state index is 11.9. The second-order valence-electron chi connectivity index (χ2n) is 4.90. The van der Waals surface area contributed by atoms with Gasteiger partial charge in [-0.15, -0.1) is 0 Å². The van der Waals surface area contributed by atoms with Crippen LogP contribution in [0.4, 0.5) is 0 Å². The highest BCUT2D eigenvalue weighted by molar-refractivity contribution is 6.30. The zero-order valence-electron chi connectivity index (χ0n) is 11.4. The molecule has 0 aliphatic heterocycles. The molecule has 0 aromatic carbocycles. The molecule has 0 saturated carbocycles. The number of nitrogens with zero attached hydrogens (tertiary/aromatic N) is 3. The molecule has 2 aromatic rings. The maximum absolute atomic E-state index is 11.9. The van der Waals surface area contributed by atoms with Crippen LogP contribution in [0.25, 0.3) is 5.65 Å². The minimum absolute atomic E-state index is 0.328. The molecule has 1 aliphatic carbocycles. The topological polar surface area (TPSA) is 56.5 Å². The summed E-state index contributed by atoms with van der Waals surface area (Å²) in [6.45, 7) is 2.10. The molecule has 0 bridgehead atoms. The summed E-state index contributed by atoms with van der Waals surface area (Å²) >= 11 is 6.44. The fourth-order valence-corrected chi connectivity index (χ4v) is 2.94. The van der Waals surface area contributed by atoms with Crippen LogP contribution in [0.15, 0.2) is 6.20 Å². The number of rotatable bonds is 2. The van der Waals surface area contributed by atoms with Gasteiger partial charge in [-0.25, -0.2) is 14.3 Å². The SMILES string of the molecule is CCOC(=O)c1cnn2c(Cl)c3c(nc12)CCCCC3. The normalized spacial score (nSPS) is 14.9. The fraction of sp³-hybridized carbons (Fsp3) is 0.500. The summed E-state index contributed by atoms with van der Waals surface area (Å²) in [7, 11) is 0. The average molecular weight is 294 g/mol. The number of aryl methyl sites for hydroxylation is 1. The van der Waals surface area contributed by atoms with E-state index < -0.39 is 5.97 Å². The van der Waals surface area contributed by atoms with Crippen molar-refractivity contribution in [2.24, 2.45) is 0 Å². The summed E-state index contributed by atoms with van der Waals surface area (Å²) in [6, 6.07) is 0. The van der Waals surface area contributed by atoms with E-state index in [-0.39, 0.29) is 0 Å². The Hall–Kier alpha value is -1.62. The number of halogens is 1. The smallest absolute Gasteiger partial charge is 0.343 e. The average Bonchev–Trinajstić information content (AvgIpc) is 2.70. The monoisotopic (exact) mass is 293 g/mol. The molecule has 1 aliphatic rings. The molecule has 0 atom stereocenters. The Morgan fingerprint density at radius 2 is 2.20 bits per heavy atom. The van der Waals surface area contributed by atoms with Crippen molar-refractivity contribution in [3.8, 4) is 0 Å². The summed E-state index contributed by atoms with van der Waals surface area (Å²) < 4.78 is 6.57. The van der Waals surface area contributed by atoms with E-state index in [2.05, 4.69) is 10.1 Å². The first-order valence-corrected chi connectivity index (χ1v) is 7.32. The molecule has 2 aromatic heterocycles. The molecule has 106 valence electrons. The van der Waals surface area contributed by atoms with Crippen LogP contribution >= 0.6 is 11.6 Å². The van der Waals surface area contributed by atoms with Gasteiger partial charge in [0.15, 0.2) is 5.65 Å². The van der Waals surface area contributed by atoms with Gasteiger partial charge in [0, 0.05) is 11.3 Å². The van der Waals surface area contributed by atoms with E-state index in [4.69, 9.17) is 16.3 Å². The van der Waals surface area contributed by atoms with Gasteiger partial charge in [-0.1, -0.05) is 18.0 Å². The molecule has 0 saturated heterocycles. The molecule has 0 spiro atoms. The summed E-state index contributed by atoms with van der Waals surface area (Å²) in [5.74, 6) is -0.403. The molecule has 0 N–H and O–H groups in total.